The first-order valence-electron chi connectivity index (χ1n) is 7.28. The van der Waals surface area contributed by atoms with Gasteiger partial charge in [-0.2, -0.15) is 0 Å². The summed E-state index contributed by atoms with van der Waals surface area (Å²) >= 11 is 0. The molecule has 0 aromatic heterocycles. The van der Waals surface area contributed by atoms with Crippen LogP contribution in [-0.4, -0.2) is 36.9 Å². The van der Waals surface area contributed by atoms with Crippen molar-refractivity contribution in [1.29, 1.82) is 0 Å². The van der Waals surface area contributed by atoms with Crippen LogP contribution in [0.3, 0.4) is 0 Å². The lowest BCUT2D eigenvalue weighted by Gasteiger charge is -2.28. The van der Waals surface area contributed by atoms with E-state index in [9.17, 15) is 13.2 Å². The molecule has 0 bridgehead atoms. The van der Waals surface area contributed by atoms with Crippen LogP contribution >= 0.6 is 0 Å². The number of hydrogen-bond acceptors (Lipinski definition) is 3. The van der Waals surface area contributed by atoms with Crippen molar-refractivity contribution < 1.29 is 17.9 Å². The minimum absolute atomic E-state index is 0.0999. The van der Waals surface area contributed by atoms with Gasteiger partial charge in [-0.15, -0.1) is 13.2 Å². The van der Waals surface area contributed by atoms with E-state index in [4.69, 9.17) is 0 Å². The number of benzene rings is 1. The molecule has 3 nitrogen and oxygen atoms in total. The number of nitrogens with one attached hydrogen (secondary N) is 1. The lowest BCUT2D eigenvalue weighted by atomic mass is 10.1. The first-order chi connectivity index (χ1) is 9.99. The molecule has 118 valence electrons. The summed E-state index contributed by atoms with van der Waals surface area (Å²) in [6, 6.07) is 6.76. The maximum Gasteiger partial charge on any atom is 0.573 e. The Labute approximate surface area is 123 Å². The zero-order valence-electron chi connectivity index (χ0n) is 12.1. The highest BCUT2D eigenvalue weighted by molar-refractivity contribution is 5.33. The Morgan fingerprint density at radius 1 is 1.33 bits per heavy atom. The van der Waals surface area contributed by atoms with E-state index < -0.39 is 6.36 Å². The largest absolute Gasteiger partial charge is 0.573 e. The molecule has 2 rings (SSSR count). The second kappa shape index (κ2) is 7.13. The van der Waals surface area contributed by atoms with Crippen LogP contribution in [0, 0.1) is 0 Å². The molecule has 0 amide bonds. The topological polar surface area (TPSA) is 24.5 Å². The Bertz CT molecular complexity index is 445. The number of nitrogens with zero attached hydrogens (tertiary/aromatic N) is 1. The van der Waals surface area contributed by atoms with Gasteiger partial charge in [-0.1, -0.05) is 25.1 Å². The Kier molecular flexibility index (Phi) is 5.47. The monoisotopic (exact) mass is 302 g/mol. The zero-order chi connectivity index (χ0) is 15.3. The van der Waals surface area contributed by atoms with Crippen LogP contribution in [-0.2, 0) is 6.54 Å². The molecule has 0 aliphatic carbocycles. The van der Waals surface area contributed by atoms with Crippen LogP contribution in [0.5, 0.6) is 5.75 Å². The SMILES string of the molecule is CCCN(Cc1ccccc1OC(F)(F)F)C1CCNC1. The Morgan fingerprint density at radius 2 is 2.10 bits per heavy atom. The number of para-hydroxylation sites is 1. The van der Waals surface area contributed by atoms with E-state index in [2.05, 4.69) is 21.9 Å². The van der Waals surface area contributed by atoms with Crippen LogP contribution in [0.25, 0.3) is 0 Å². The number of alkyl halides is 3. The molecule has 1 aromatic carbocycles. The summed E-state index contributed by atoms with van der Waals surface area (Å²) in [4.78, 5) is 2.23. The van der Waals surface area contributed by atoms with Crippen molar-refractivity contribution in [3.63, 3.8) is 0 Å². The third-order valence-corrected chi connectivity index (χ3v) is 3.63. The van der Waals surface area contributed by atoms with Crippen LogP contribution in [0.4, 0.5) is 13.2 Å². The molecule has 1 heterocycles. The molecule has 1 aromatic rings. The van der Waals surface area contributed by atoms with Gasteiger partial charge in [-0.05, 0) is 32.0 Å². The van der Waals surface area contributed by atoms with Crippen LogP contribution in [0.15, 0.2) is 24.3 Å². The molecule has 1 atom stereocenters. The van der Waals surface area contributed by atoms with E-state index in [-0.39, 0.29) is 5.75 Å². The normalized spacial score (nSPS) is 19.2. The average Bonchev–Trinajstić information content (AvgIpc) is 2.92. The molecule has 0 saturated carbocycles. The van der Waals surface area contributed by atoms with E-state index >= 15 is 0 Å². The molecule has 1 unspecified atom stereocenters. The molecule has 1 aliphatic heterocycles. The van der Waals surface area contributed by atoms with Gasteiger partial charge in [0.05, 0.1) is 0 Å². The van der Waals surface area contributed by atoms with Crippen molar-refractivity contribution in [2.24, 2.45) is 0 Å². The van der Waals surface area contributed by atoms with Gasteiger partial charge in [0.15, 0.2) is 0 Å². The van der Waals surface area contributed by atoms with Crippen LogP contribution < -0.4 is 10.1 Å². The second-order valence-electron chi connectivity index (χ2n) is 5.27. The zero-order valence-corrected chi connectivity index (χ0v) is 12.1. The van der Waals surface area contributed by atoms with Crippen molar-refractivity contribution in [2.75, 3.05) is 19.6 Å². The summed E-state index contributed by atoms with van der Waals surface area (Å²) in [6.07, 6.45) is -2.65. The van der Waals surface area contributed by atoms with Gasteiger partial charge >= 0.3 is 6.36 Å². The predicted octanol–water partition coefficient (Wildman–Crippen LogP) is 3.16. The second-order valence-corrected chi connectivity index (χ2v) is 5.27. The van der Waals surface area contributed by atoms with Crippen molar-refractivity contribution in [2.45, 2.75) is 38.7 Å². The minimum Gasteiger partial charge on any atom is -0.405 e. The fourth-order valence-electron chi connectivity index (χ4n) is 2.71. The molecular formula is C15H21F3N2O. The highest BCUT2D eigenvalue weighted by Crippen LogP contribution is 2.28. The summed E-state index contributed by atoms with van der Waals surface area (Å²) < 4.78 is 41.5. The number of ether oxygens (including phenoxy) is 1. The molecule has 1 fully saturated rings. The maximum atomic E-state index is 12.5. The Morgan fingerprint density at radius 3 is 2.71 bits per heavy atom. The molecule has 1 saturated heterocycles. The number of halogens is 3. The maximum absolute atomic E-state index is 12.5. The van der Waals surface area contributed by atoms with Gasteiger partial charge in [0, 0.05) is 24.7 Å². The lowest BCUT2D eigenvalue weighted by Crippen LogP contribution is -2.37. The van der Waals surface area contributed by atoms with E-state index in [0.717, 1.165) is 32.5 Å². The van der Waals surface area contributed by atoms with Gasteiger partial charge in [0.25, 0.3) is 0 Å². The highest BCUT2D eigenvalue weighted by Gasteiger charge is 2.32. The van der Waals surface area contributed by atoms with E-state index in [1.54, 1.807) is 18.2 Å². The van der Waals surface area contributed by atoms with Crippen LogP contribution in [0.2, 0.25) is 0 Å². The van der Waals surface area contributed by atoms with E-state index in [0.29, 0.717) is 18.2 Å². The molecule has 6 heteroatoms. The smallest absolute Gasteiger partial charge is 0.405 e. The Balaban J connectivity index is 2.12. The lowest BCUT2D eigenvalue weighted by molar-refractivity contribution is -0.275. The van der Waals surface area contributed by atoms with E-state index in [1.165, 1.54) is 6.07 Å². The van der Waals surface area contributed by atoms with Gasteiger partial charge in [-0.3, -0.25) is 4.90 Å². The number of hydrogen-bond donors (Lipinski definition) is 1. The molecule has 1 aliphatic rings. The van der Waals surface area contributed by atoms with Gasteiger partial charge in [0.1, 0.15) is 5.75 Å². The average molecular weight is 302 g/mol. The third kappa shape index (κ3) is 4.89. The third-order valence-electron chi connectivity index (χ3n) is 3.63. The van der Waals surface area contributed by atoms with Crippen molar-refractivity contribution in [1.82, 2.24) is 10.2 Å². The van der Waals surface area contributed by atoms with Crippen molar-refractivity contribution in [3.8, 4) is 5.75 Å². The van der Waals surface area contributed by atoms with Crippen molar-refractivity contribution in [3.05, 3.63) is 29.8 Å². The summed E-state index contributed by atoms with van der Waals surface area (Å²) in [7, 11) is 0. The summed E-state index contributed by atoms with van der Waals surface area (Å²) in [5.41, 5.74) is 0.579. The number of rotatable bonds is 6. The quantitative estimate of drug-likeness (QED) is 0.873. The highest BCUT2D eigenvalue weighted by atomic mass is 19.4. The van der Waals surface area contributed by atoms with E-state index in [1.807, 2.05) is 0 Å². The van der Waals surface area contributed by atoms with Gasteiger partial charge in [0.2, 0.25) is 0 Å². The first-order valence-corrected chi connectivity index (χ1v) is 7.28. The molecule has 21 heavy (non-hydrogen) atoms. The summed E-state index contributed by atoms with van der Waals surface area (Å²) in [6.45, 7) is 5.28. The molecule has 1 N–H and O–H groups in total. The molecule has 0 spiro atoms. The van der Waals surface area contributed by atoms with Gasteiger partial charge in [-0.25, -0.2) is 0 Å². The fraction of sp³-hybridized carbons (Fsp3) is 0.600. The Hall–Kier alpha value is -1.27. The molecular weight excluding hydrogens is 281 g/mol. The standard InChI is InChI=1S/C15H21F3N2O/c1-2-9-20(13-7-8-19-10-13)11-12-5-3-4-6-14(12)21-15(16,17)18/h3-6,13,19H,2,7-11H2,1H3. The van der Waals surface area contributed by atoms with Crippen molar-refractivity contribution >= 4 is 0 Å². The predicted molar refractivity (Wildman–Crippen MR) is 75.1 cm³/mol. The van der Waals surface area contributed by atoms with Gasteiger partial charge < -0.3 is 10.1 Å². The minimum atomic E-state index is -4.65. The van der Waals surface area contributed by atoms with Crippen LogP contribution in [0.1, 0.15) is 25.3 Å². The first kappa shape index (κ1) is 16.1. The fourth-order valence-corrected chi connectivity index (χ4v) is 2.71. The summed E-state index contributed by atoms with van der Waals surface area (Å²) in [5, 5.41) is 3.30. The molecule has 0 radical (unpaired) electrons. The summed E-state index contributed by atoms with van der Waals surface area (Å²) in [5.74, 6) is -0.0999.